The maximum atomic E-state index is 13.1. The maximum absolute atomic E-state index is 13.1. The van der Waals surface area contributed by atoms with E-state index in [1.165, 1.54) is 96.3 Å². The summed E-state index contributed by atoms with van der Waals surface area (Å²) in [5.41, 5.74) is 0. The number of hydrogen-bond acceptors (Lipinski definition) is 5. The minimum atomic E-state index is -0.795. The van der Waals surface area contributed by atoms with Gasteiger partial charge in [0, 0.05) is 6.42 Å². The van der Waals surface area contributed by atoms with Crippen molar-refractivity contribution >= 4 is 11.9 Å². The van der Waals surface area contributed by atoms with Crippen LogP contribution in [-0.4, -0.2) is 46.9 Å². The van der Waals surface area contributed by atoms with Crippen molar-refractivity contribution in [3.05, 3.63) is 60.8 Å². The van der Waals surface area contributed by atoms with Gasteiger partial charge >= 0.3 is 5.97 Å². The molecule has 3 N–H and O–H groups in total. The molecule has 0 spiro atoms. The van der Waals surface area contributed by atoms with Gasteiger partial charge in [0.25, 0.3) is 0 Å². The first kappa shape index (κ1) is 54.6. The smallest absolute Gasteiger partial charge is 0.306 e. The van der Waals surface area contributed by atoms with E-state index in [4.69, 9.17) is 4.74 Å². The molecule has 0 fully saturated rings. The first-order valence-electron chi connectivity index (χ1n) is 24.0. The molecule has 3 unspecified atom stereocenters. The Hall–Kier alpha value is -2.44. The number of ether oxygens (including phenoxy) is 1. The van der Waals surface area contributed by atoms with Gasteiger partial charge in [-0.05, 0) is 64.2 Å². The van der Waals surface area contributed by atoms with Crippen LogP contribution in [0.1, 0.15) is 226 Å². The minimum absolute atomic E-state index is 0.0549. The molecule has 0 rings (SSSR count). The lowest BCUT2D eigenvalue weighted by molar-refractivity contribution is -0.151. The monoisotopic (exact) mass is 798 g/mol. The second-order valence-electron chi connectivity index (χ2n) is 16.1. The summed E-state index contributed by atoms with van der Waals surface area (Å²) in [5.74, 6) is -0.544. The summed E-state index contributed by atoms with van der Waals surface area (Å²) in [4.78, 5) is 26.0. The van der Waals surface area contributed by atoms with Crippen LogP contribution in [0, 0.1) is 0 Å². The molecule has 0 saturated heterocycles. The van der Waals surface area contributed by atoms with Gasteiger partial charge in [-0.15, -0.1) is 0 Å². The molecule has 0 heterocycles. The molecular weight excluding hydrogens is 707 g/mol. The highest BCUT2D eigenvalue weighted by atomic mass is 16.5. The second-order valence-corrected chi connectivity index (χ2v) is 16.1. The average molecular weight is 798 g/mol. The zero-order valence-corrected chi connectivity index (χ0v) is 37.5. The number of carbonyl (C=O) groups is 2. The van der Waals surface area contributed by atoms with Crippen LogP contribution in [0.2, 0.25) is 0 Å². The van der Waals surface area contributed by atoms with Crippen molar-refractivity contribution in [2.75, 3.05) is 6.61 Å². The number of carbonyl (C=O) groups excluding carboxylic acids is 2. The molecule has 57 heavy (non-hydrogen) atoms. The summed E-state index contributed by atoms with van der Waals surface area (Å²) in [5, 5.41) is 23.6. The van der Waals surface area contributed by atoms with Crippen molar-refractivity contribution in [3.8, 4) is 0 Å². The van der Waals surface area contributed by atoms with Gasteiger partial charge in [0.2, 0.25) is 5.91 Å². The molecule has 0 bridgehead atoms. The Morgan fingerprint density at radius 3 is 1.37 bits per heavy atom. The molecular formula is C51H91NO5. The number of esters is 1. The molecule has 1 amide bonds. The molecule has 6 heteroatoms. The topological polar surface area (TPSA) is 95.9 Å². The summed E-state index contributed by atoms with van der Waals surface area (Å²) >= 11 is 0. The van der Waals surface area contributed by atoms with Crippen molar-refractivity contribution < 1.29 is 24.5 Å². The van der Waals surface area contributed by atoms with Gasteiger partial charge < -0.3 is 20.3 Å². The zero-order chi connectivity index (χ0) is 41.7. The van der Waals surface area contributed by atoms with E-state index in [2.05, 4.69) is 86.8 Å². The van der Waals surface area contributed by atoms with Crippen LogP contribution in [0.3, 0.4) is 0 Å². The van der Waals surface area contributed by atoms with E-state index in [-0.39, 0.29) is 24.9 Å². The molecule has 0 aromatic rings. The molecule has 6 nitrogen and oxygen atoms in total. The number of allylic oxidation sites excluding steroid dienone is 10. The number of aliphatic hydroxyl groups excluding tert-OH is 2. The largest absolute Gasteiger partial charge is 0.462 e. The Morgan fingerprint density at radius 1 is 0.526 bits per heavy atom. The van der Waals surface area contributed by atoms with Gasteiger partial charge in [-0.25, -0.2) is 0 Å². The standard InChI is InChI=1S/C51H91NO5/c1-4-7-10-13-16-19-21-23-24-25-26-27-29-32-35-38-41-44-51(56)57-47(42-39-36-33-30-18-15-12-9-6-3)45-50(55)52-48(46-53)49(54)43-40-37-34-31-28-22-20-17-14-11-8-5-2/h7,10,16,19,23-24,26-27,32,35,47-49,53-54H,4-6,8-9,11-15,17-18,20-22,25,28-31,33-34,36-46H2,1-3H3,(H,52,55)/b10-7-,19-16-,24-23-,27-26-,35-32-. The first-order chi connectivity index (χ1) is 28.0. The summed E-state index contributed by atoms with van der Waals surface area (Å²) in [6, 6.07) is -0.710. The molecule has 0 aliphatic heterocycles. The molecule has 0 radical (unpaired) electrons. The van der Waals surface area contributed by atoms with E-state index < -0.39 is 18.2 Å². The van der Waals surface area contributed by atoms with Gasteiger partial charge in [-0.1, -0.05) is 210 Å². The predicted octanol–water partition coefficient (Wildman–Crippen LogP) is 14.1. The van der Waals surface area contributed by atoms with Crippen LogP contribution in [-0.2, 0) is 14.3 Å². The van der Waals surface area contributed by atoms with E-state index in [0.29, 0.717) is 25.7 Å². The lowest BCUT2D eigenvalue weighted by atomic mass is 10.0. The predicted molar refractivity (Wildman–Crippen MR) is 245 cm³/mol. The third-order valence-corrected chi connectivity index (χ3v) is 10.6. The maximum Gasteiger partial charge on any atom is 0.306 e. The molecule has 0 aliphatic rings. The Bertz CT molecular complexity index is 1030. The minimum Gasteiger partial charge on any atom is -0.462 e. The van der Waals surface area contributed by atoms with Gasteiger partial charge in [0.15, 0.2) is 0 Å². The van der Waals surface area contributed by atoms with Crippen LogP contribution in [0.25, 0.3) is 0 Å². The van der Waals surface area contributed by atoms with Crippen LogP contribution >= 0.6 is 0 Å². The molecule has 0 saturated carbocycles. The highest BCUT2D eigenvalue weighted by Gasteiger charge is 2.24. The lowest BCUT2D eigenvalue weighted by Gasteiger charge is -2.24. The summed E-state index contributed by atoms with van der Waals surface area (Å²) < 4.78 is 5.87. The van der Waals surface area contributed by atoms with Gasteiger partial charge in [0.1, 0.15) is 6.10 Å². The molecule has 3 atom stereocenters. The fourth-order valence-corrected chi connectivity index (χ4v) is 6.99. The zero-order valence-electron chi connectivity index (χ0n) is 37.5. The summed E-state index contributed by atoms with van der Waals surface area (Å²) in [7, 11) is 0. The third kappa shape index (κ3) is 40.1. The quantitative estimate of drug-likeness (QED) is 0.0325. The number of hydrogen-bond donors (Lipinski definition) is 3. The Balaban J connectivity index is 4.59. The number of aliphatic hydroxyl groups is 2. The van der Waals surface area contributed by atoms with E-state index >= 15 is 0 Å². The van der Waals surface area contributed by atoms with E-state index in [0.717, 1.165) is 77.0 Å². The molecule has 330 valence electrons. The fourth-order valence-electron chi connectivity index (χ4n) is 6.99. The fraction of sp³-hybridized carbons (Fsp3) is 0.765. The van der Waals surface area contributed by atoms with E-state index in [9.17, 15) is 19.8 Å². The van der Waals surface area contributed by atoms with Crippen molar-refractivity contribution in [1.29, 1.82) is 0 Å². The van der Waals surface area contributed by atoms with Crippen molar-refractivity contribution in [2.24, 2.45) is 0 Å². The molecule has 0 aromatic heterocycles. The summed E-state index contributed by atoms with van der Waals surface area (Å²) in [6.07, 6.45) is 54.3. The van der Waals surface area contributed by atoms with Gasteiger partial charge in [-0.3, -0.25) is 9.59 Å². The van der Waals surface area contributed by atoms with Gasteiger partial charge in [0.05, 0.1) is 25.2 Å². The van der Waals surface area contributed by atoms with E-state index in [1.807, 2.05) is 0 Å². The Labute approximate surface area is 352 Å². The average Bonchev–Trinajstić information content (AvgIpc) is 3.20. The molecule has 0 aliphatic carbocycles. The van der Waals surface area contributed by atoms with Crippen LogP contribution in [0.15, 0.2) is 60.8 Å². The second kappa shape index (κ2) is 44.7. The van der Waals surface area contributed by atoms with E-state index in [1.54, 1.807) is 0 Å². The highest BCUT2D eigenvalue weighted by Crippen LogP contribution is 2.17. The first-order valence-corrected chi connectivity index (χ1v) is 24.0. The Kier molecular flexibility index (Phi) is 42.7. The number of rotatable bonds is 42. The number of unbranched alkanes of at least 4 members (excludes halogenated alkanes) is 20. The van der Waals surface area contributed by atoms with Crippen molar-refractivity contribution in [2.45, 2.75) is 244 Å². The SMILES string of the molecule is CC/C=C\C/C=C\C/C=C\C/C=C\C/C=C\CCCC(=O)OC(CCCCCCCCCCC)CC(=O)NC(CO)C(O)CCCCCCCCCCCCCC. The number of amides is 1. The lowest BCUT2D eigenvalue weighted by Crippen LogP contribution is -2.46. The molecule has 0 aromatic carbocycles. The van der Waals surface area contributed by atoms with Crippen LogP contribution in [0.5, 0.6) is 0 Å². The summed E-state index contributed by atoms with van der Waals surface area (Å²) in [6.45, 7) is 6.33. The number of nitrogens with one attached hydrogen (secondary N) is 1. The third-order valence-electron chi connectivity index (χ3n) is 10.6. The highest BCUT2D eigenvalue weighted by molar-refractivity contribution is 5.77. The van der Waals surface area contributed by atoms with Crippen LogP contribution in [0.4, 0.5) is 0 Å². The van der Waals surface area contributed by atoms with Crippen molar-refractivity contribution in [3.63, 3.8) is 0 Å². The van der Waals surface area contributed by atoms with Crippen molar-refractivity contribution in [1.82, 2.24) is 5.32 Å². The Morgan fingerprint density at radius 2 is 0.930 bits per heavy atom. The normalized spacial score (nSPS) is 13.8. The van der Waals surface area contributed by atoms with Gasteiger partial charge in [-0.2, -0.15) is 0 Å². The van der Waals surface area contributed by atoms with Crippen LogP contribution < -0.4 is 5.32 Å².